The summed E-state index contributed by atoms with van der Waals surface area (Å²) >= 11 is 0. The normalized spacial score (nSPS) is 11.5. The first-order valence-corrected chi connectivity index (χ1v) is 14.4. The van der Waals surface area contributed by atoms with Crippen LogP contribution >= 0.6 is 0 Å². The fourth-order valence-electron chi connectivity index (χ4n) is 3.59. The van der Waals surface area contributed by atoms with Crippen LogP contribution in [0.3, 0.4) is 0 Å². The van der Waals surface area contributed by atoms with Crippen LogP contribution in [-0.4, -0.2) is 55.1 Å². The third-order valence-corrected chi connectivity index (χ3v) is 7.94. The molecule has 0 bridgehead atoms. The highest BCUT2D eigenvalue weighted by Gasteiger charge is 2.29. The van der Waals surface area contributed by atoms with E-state index in [2.05, 4.69) is 9.44 Å². The summed E-state index contributed by atoms with van der Waals surface area (Å²) in [5.74, 6) is 0.877. The second-order valence-corrected chi connectivity index (χ2v) is 11.3. The van der Waals surface area contributed by atoms with Crippen LogP contribution in [0.4, 0.5) is 22.7 Å². The maximum Gasteiger partial charge on any atom is 0.296 e. The summed E-state index contributed by atoms with van der Waals surface area (Å²) < 4.78 is 77.2. The van der Waals surface area contributed by atoms with E-state index in [0.29, 0.717) is 23.4 Å². The Bertz CT molecular complexity index is 1750. The third-order valence-electron chi connectivity index (χ3n) is 5.51. The number of benzene rings is 3. The summed E-state index contributed by atoms with van der Waals surface area (Å²) in [5, 5.41) is 23.3. The van der Waals surface area contributed by atoms with E-state index in [1.807, 2.05) is 0 Å². The monoisotopic (exact) mass is 624 g/mol. The Morgan fingerprint density at radius 2 is 1.36 bits per heavy atom. The van der Waals surface area contributed by atoms with Gasteiger partial charge in [-0.2, -0.15) is 0 Å². The molecule has 0 unspecified atom stereocenters. The highest BCUT2D eigenvalue weighted by Crippen LogP contribution is 2.36. The van der Waals surface area contributed by atoms with Gasteiger partial charge in [-0.1, -0.05) is 0 Å². The first kappa shape index (κ1) is 31.4. The molecule has 0 amide bonds. The molecule has 0 heterocycles. The largest absolute Gasteiger partial charge is 0.496 e. The van der Waals surface area contributed by atoms with Crippen LogP contribution in [0, 0.1) is 20.2 Å². The number of ether oxygens (including phenoxy) is 4. The molecule has 3 rings (SSSR count). The number of methoxy groups -OCH3 is 4. The molecule has 42 heavy (non-hydrogen) atoms. The molecule has 0 aliphatic carbocycles. The first-order chi connectivity index (χ1) is 19.7. The molecule has 0 saturated heterocycles. The average molecular weight is 625 g/mol. The molecular formula is C24H24N4O12S2. The molecule has 0 atom stereocenters. The smallest absolute Gasteiger partial charge is 0.296 e. The van der Waals surface area contributed by atoms with Gasteiger partial charge in [-0.15, -0.1) is 0 Å². The lowest BCUT2D eigenvalue weighted by atomic mass is 10.1. The van der Waals surface area contributed by atoms with Gasteiger partial charge in [0.2, 0.25) is 0 Å². The fraction of sp³-hybridized carbons (Fsp3) is 0.167. The number of nitrogens with one attached hydrogen (secondary N) is 2. The molecule has 16 nitrogen and oxygen atoms in total. The number of hydrogen-bond acceptors (Lipinski definition) is 12. The van der Waals surface area contributed by atoms with Crippen molar-refractivity contribution in [2.24, 2.45) is 0 Å². The van der Waals surface area contributed by atoms with Crippen LogP contribution in [-0.2, 0) is 20.0 Å². The molecule has 0 radical (unpaired) electrons. The van der Waals surface area contributed by atoms with Crippen LogP contribution in [0.1, 0.15) is 5.56 Å². The Morgan fingerprint density at radius 3 is 1.88 bits per heavy atom. The van der Waals surface area contributed by atoms with Crippen LogP contribution < -0.4 is 28.4 Å². The van der Waals surface area contributed by atoms with Gasteiger partial charge in [0.15, 0.2) is 4.90 Å². The Kier molecular flexibility index (Phi) is 9.43. The standard InChI is InChI=1S/C24H24N4O12S2/c1-37-17-13-22(39-3)18(23(14-17)40-4)9-10-41(33,34)25-15-5-7-21(38-2)19(11-15)26-42(35,36)24-8-6-16(27(29)30)12-20(24)28(31)32/h5-14,25-26H,1-4H3/b10-9+. The summed E-state index contributed by atoms with van der Waals surface area (Å²) in [6.45, 7) is 0. The van der Waals surface area contributed by atoms with E-state index in [-0.39, 0.29) is 28.6 Å². The maximum atomic E-state index is 13.1. The summed E-state index contributed by atoms with van der Waals surface area (Å²) in [6.07, 6.45) is 1.22. The maximum absolute atomic E-state index is 13.1. The van der Waals surface area contributed by atoms with Gasteiger partial charge in [-0.05, 0) is 30.3 Å². The minimum atomic E-state index is -4.72. The number of rotatable bonds is 13. The van der Waals surface area contributed by atoms with E-state index in [1.165, 1.54) is 58.8 Å². The van der Waals surface area contributed by atoms with Gasteiger partial charge in [-0.3, -0.25) is 29.7 Å². The number of nitro benzene ring substituents is 2. The molecule has 0 aromatic heterocycles. The van der Waals surface area contributed by atoms with Gasteiger partial charge in [0, 0.05) is 18.2 Å². The van der Waals surface area contributed by atoms with Crippen molar-refractivity contribution < 1.29 is 45.6 Å². The zero-order valence-electron chi connectivity index (χ0n) is 22.4. The van der Waals surface area contributed by atoms with Crippen molar-refractivity contribution in [1.82, 2.24) is 0 Å². The quantitative estimate of drug-likeness (QED) is 0.205. The van der Waals surface area contributed by atoms with Crippen molar-refractivity contribution >= 4 is 48.9 Å². The number of sulfonamides is 2. The summed E-state index contributed by atoms with van der Waals surface area (Å²) in [4.78, 5) is 19.6. The first-order valence-electron chi connectivity index (χ1n) is 11.4. The van der Waals surface area contributed by atoms with Crippen molar-refractivity contribution in [1.29, 1.82) is 0 Å². The Labute approximate surface area is 239 Å². The van der Waals surface area contributed by atoms with E-state index < -0.39 is 46.2 Å². The van der Waals surface area contributed by atoms with E-state index in [1.54, 1.807) is 0 Å². The van der Waals surface area contributed by atoms with Crippen molar-refractivity contribution in [3.8, 4) is 23.0 Å². The second-order valence-electron chi connectivity index (χ2n) is 8.08. The molecular weight excluding hydrogens is 600 g/mol. The molecule has 224 valence electrons. The highest BCUT2D eigenvalue weighted by atomic mass is 32.2. The number of nitro groups is 2. The van der Waals surface area contributed by atoms with Crippen LogP contribution in [0.15, 0.2) is 58.8 Å². The molecule has 0 fully saturated rings. The number of nitrogens with zero attached hydrogens (tertiary/aromatic N) is 2. The van der Waals surface area contributed by atoms with Gasteiger partial charge in [0.25, 0.3) is 31.4 Å². The van der Waals surface area contributed by atoms with Crippen LogP contribution in [0.5, 0.6) is 23.0 Å². The van der Waals surface area contributed by atoms with Gasteiger partial charge < -0.3 is 18.9 Å². The van der Waals surface area contributed by atoms with Crippen molar-refractivity contribution in [2.45, 2.75) is 4.90 Å². The lowest BCUT2D eigenvalue weighted by Crippen LogP contribution is -2.16. The minimum absolute atomic E-state index is 0.0608. The lowest BCUT2D eigenvalue weighted by molar-refractivity contribution is -0.396. The second kappa shape index (κ2) is 12.6. The number of non-ortho nitro benzene ring substituents is 1. The van der Waals surface area contributed by atoms with Gasteiger partial charge in [-0.25, -0.2) is 16.8 Å². The van der Waals surface area contributed by atoms with Crippen molar-refractivity contribution in [3.05, 3.63) is 79.7 Å². The van der Waals surface area contributed by atoms with E-state index in [0.717, 1.165) is 17.5 Å². The summed E-state index contributed by atoms with van der Waals surface area (Å²) in [7, 11) is -3.51. The molecule has 2 N–H and O–H groups in total. The lowest BCUT2D eigenvalue weighted by Gasteiger charge is -2.14. The number of anilines is 2. The van der Waals surface area contributed by atoms with Crippen molar-refractivity contribution in [2.75, 3.05) is 37.9 Å². The Balaban J connectivity index is 1.96. The Hall–Kier alpha value is -5.10. The van der Waals surface area contributed by atoms with Gasteiger partial charge >= 0.3 is 0 Å². The Morgan fingerprint density at radius 1 is 0.738 bits per heavy atom. The molecule has 0 aliphatic rings. The molecule has 0 spiro atoms. The SMILES string of the molecule is COc1cc(OC)c(/C=C/S(=O)(=O)Nc2ccc(OC)c(NS(=O)(=O)c3ccc([N+](=O)[O-])cc3[N+](=O)[O-])c2)c(OC)c1. The molecule has 18 heteroatoms. The average Bonchev–Trinajstić information content (AvgIpc) is 2.94. The van der Waals surface area contributed by atoms with E-state index in [9.17, 15) is 37.1 Å². The topological polar surface area (TPSA) is 216 Å². The van der Waals surface area contributed by atoms with E-state index >= 15 is 0 Å². The molecule has 0 aliphatic heterocycles. The third kappa shape index (κ3) is 7.15. The number of hydrogen-bond donors (Lipinski definition) is 2. The van der Waals surface area contributed by atoms with Crippen LogP contribution in [0.25, 0.3) is 6.08 Å². The van der Waals surface area contributed by atoms with Crippen molar-refractivity contribution in [3.63, 3.8) is 0 Å². The molecule has 3 aromatic rings. The zero-order chi connectivity index (χ0) is 31.2. The predicted molar refractivity (Wildman–Crippen MR) is 151 cm³/mol. The van der Waals surface area contributed by atoms with Gasteiger partial charge in [0.1, 0.15) is 23.0 Å². The fourth-order valence-corrected chi connectivity index (χ4v) is 5.65. The molecule has 0 saturated carbocycles. The van der Waals surface area contributed by atoms with Crippen LogP contribution in [0.2, 0.25) is 0 Å². The highest BCUT2D eigenvalue weighted by molar-refractivity contribution is 7.95. The molecule has 3 aromatic carbocycles. The summed E-state index contributed by atoms with van der Waals surface area (Å²) in [5.41, 5.74) is -1.83. The minimum Gasteiger partial charge on any atom is -0.496 e. The zero-order valence-corrected chi connectivity index (χ0v) is 24.0. The summed E-state index contributed by atoms with van der Waals surface area (Å²) in [6, 6.07) is 8.68. The van der Waals surface area contributed by atoms with E-state index in [4.69, 9.17) is 18.9 Å². The van der Waals surface area contributed by atoms with Gasteiger partial charge in [0.05, 0.1) is 66.7 Å². The predicted octanol–water partition coefficient (Wildman–Crippen LogP) is 3.75.